The molecule has 0 N–H and O–H groups in total. The number of piperidine rings is 1. The number of nitrogens with zero attached hydrogens (tertiary/aromatic N) is 4. The van der Waals surface area contributed by atoms with Gasteiger partial charge in [0.25, 0.3) is 5.91 Å². The number of likely N-dealkylation sites (tertiary alicyclic amines) is 1. The molecule has 0 radical (unpaired) electrons. The van der Waals surface area contributed by atoms with E-state index in [1.807, 2.05) is 29.2 Å². The summed E-state index contributed by atoms with van der Waals surface area (Å²) in [7, 11) is 0. The topological polar surface area (TPSA) is 72.1 Å². The van der Waals surface area contributed by atoms with E-state index in [1.54, 1.807) is 18.6 Å². The zero-order valence-electron chi connectivity index (χ0n) is 14.7. The normalized spacial score (nSPS) is 17.1. The second-order valence-corrected chi connectivity index (χ2v) is 7.06. The smallest absolute Gasteiger partial charge is 0.257 e. The molecule has 1 amide bonds. The van der Waals surface area contributed by atoms with Gasteiger partial charge in [0, 0.05) is 36.9 Å². The van der Waals surface area contributed by atoms with Gasteiger partial charge in [0.2, 0.25) is 0 Å². The molecule has 1 aliphatic heterocycles. The summed E-state index contributed by atoms with van der Waals surface area (Å²) < 4.78 is 5.98. The van der Waals surface area contributed by atoms with E-state index in [-0.39, 0.29) is 11.8 Å². The molecule has 0 bridgehead atoms. The number of hydrogen-bond acceptors (Lipinski definition) is 5. The number of oxazole rings is 1. The molecule has 138 valence electrons. The summed E-state index contributed by atoms with van der Waals surface area (Å²) in [6, 6.07) is 7.71. The Hall–Kier alpha value is -2.73. The van der Waals surface area contributed by atoms with Crippen LogP contribution in [0, 0.1) is 0 Å². The van der Waals surface area contributed by atoms with Gasteiger partial charge in [0.1, 0.15) is 12.1 Å². The minimum atomic E-state index is -0.0526. The van der Waals surface area contributed by atoms with E-state index in [2.05, 4.69) is 15.0 Å². The molecule has 4 rings (SSSR count). The van der Waals surface area contributed by atoms with E-state index in [4.69, 9.17) is 16.0 Å². The zero-order valence-corrected chi connectivity index (χ0v) is 15.5. The SMILES string of the molecule is O=C(c1cncnc1)N1CCC[C@H](c2ncc(Cc3ccccc3Cl)o2)C1. The highest BCUT2D eigenvalue weighted by Gasteiger charge is 2.28. The summed E-state index contributed by atoms with van der Waals surface area (Å²) in [6.45, 7) is 1.30. The Labute approximate surface area is 162 Å². The van der Waals surface area contributed by atoms with Crippen molar-refractivity contribution < 1.29 is 9.21 Å². The molecule has 0 spiro atoms. The molecule has 1 aliphatic rings. The molecule has 2 aromatic heterocycles. The Morgan fingerprint density at radius 3 is 2.85 bits per heavy atom. The number of carbonyl (C=O) groups excluding carboxylic acids is 1. The van der Waals surface area contributed by atoms with E-state index in [0.29, 0.717) is 24.4 Å². The molecule has 0 aliphatic carbocycles. The first-order valence-electron chi connectivity index (χ1n) is 8.93. The summed E-state index contributed by atoms with van der Waals surface area (Å²) in [5, 5.41) is 0.718. The maximum absolute atomic E-state index is 12.6. The van der Waals surface area contributed by atoms with Crippen molar-refractivity contribution in [1.82, 2.24) is 19.9 Å². The minimum Gasteiger partial charge on any atom is -0.445 e. The van der Waals surface area contributed by atoms with Gasteiger partial charge < -0.3 is 9.32 Å². The first-order valence-corrected chi connectivity index (χ1v) is 9.31. The second-order valence-electron chi connectivity index (χ2n) is 6.65. The van der Waals surface area contributed by atoms with E-state index in [0.717, 1.165) is 35.7 Å². The molecule has 6 nitrogen and oxygen atoms in total. The van der Waals surface area contributed by atoms with Crippen molar-refractivity contribution in [2.24, 2.45) is 0 Å². The van der Waals surface area contributed by atoms with Crippen LogP contribution in [-0.4, -0.2) is 38.8 Å². The highest BCUT2D eigenvalue weighted by Crippen LogP contribution is 2.28. The van der Waals surface area contributed by atoms with Crippen molar-refractivity contribution in [3.05, 3.63) is 77.0 Å². The highest BCUT2D eigenvalue weighted by molar-refractivity contribution is 6.31. The van der Waals surface area contributed by atoms with Crippen LogP contribution in [0.5, 0.6) is 0 Å². The fourth-order valence-corrected chi connectivity index (χ4v) is 3.58. The van der Waals surface area contributed by atoms with Crippen molar-refractivity contribution >= 4 is 17.5 Å². The predicted molar refractivity (Wildman–Crippen MR) is 101 cm³/mol. The Morgan fingerprint density at radius 2 is 2.04 bits per heavy atom. The van der Waals surface area contributed by atoms with Crippen LogP contribution in [0.2, 0.25) is 5.02 Å². The average Bonchev–Trinajstić information content (AvgIpc) is 3.19. The van der Waals surface area contributed by atoms with Crippen LogP contribution in [0.1, 0.15) is 46.3 Å². The Balaban J connectivity index is 1.45. The summed E-state index contributed by atoms with van der Waals surface area (Å²) >= 11 is 6.23. The van der Waals surface area contributed by atoms with Crippen LogP contribution in [0.25, 0.3) is 0 Å². The van der Waals surface area contributed by atoms with Gasteiger partial charge in [-0.05, 0) is 24.5 Å². The lowest BCUT2D eigenvalue weighted by atomic mass is 9.97. The Bertz CT molecular complexity index is 928. The molecule has 1 atom stereocenters. The van der Waals surface area contributed by atoms with Crippen LogP contribution in [0.15, 0.2) is 53.6 Å². The molecule has 1 aromatic carbocycles. The van der Waals surface area contributed by atoms with Crippen molar-refractivity contribution in [3.63, 3.8) is 0 Å². The van der Waals surface area contributed by atoms with Crippen LogP contribution in [0.4, 0.5) is 0 Å². The summed E-state index contributed by atoms with van der Waals surface area (Å²) in [4.78, 5) is 26.8. The molecular weight excluding hydrogens is 364 g/mol. The molecule has 3 heterocycles. The third-order valence-electron chi connectivity index (χ3n) is 4.76. The van der Waals surface area contributed by atoms with E-state index in [9.17, 15) is 4.79 Å². The first kappa shape index (κ1) is 17.7. The number of halogens is 1. The van der Waals surface area contributed by atoms with Gasteiger partial charge in [-0.3, -0.25) is 4.79 Å². The van der Waals surface area contributed by atoms with Crippen molar-refractivity contribution in [1.29, 1.82) is 0 Å². The number of carbonyl (C=O) groups is 1. The van der Waals surface area contributed by atoms with E-state index < -0.39 is 0 Å². The predicted octanol–water partition coefficient (Wildman–Crippen LogP) is 3.73. The van der Waals surface area contributed by atoms with Gasteiger partial charge in [-0.25, -0.2) is 15.0 Å². The maximum Gasteiger partial charge on any atom is 0.257 e. The van der Waals surface area contributed by atoms with Gasteiger partial charge in [0.05, 0.1) is 17.7 Å². The average molecular weight is 383 g/mol. The minimum absolute atomic E-state index is 0.0526. The van der Waals surface area contributed by atoms with Gasteiger partial charge in [-0.1, -0.05) is 29.8 Å². The van der Waals surface area contributed by atoms with Crippen LogP contribution >= 0.6 is 11.6 Å². The van der Waals surface area contributed by atoms with Crippen molar-refractivity contribution in [2.75, 3.05) is 13.1 Å². The monoisotopic (exact) mass is 382 g/mol. The molecule has 3 aromatic rings. The maximum atomic E-state index is 12.6. The zero-order chi connectivity index (χ0) is 18.6. The van der Waals surface area contributed by atoms with Crippen molar-refractivity contribution in [3.8, 4) is 0 Å². The molecule has 0 saturated carbocycles. The summed E-state index contributed by atoms with van der Waals surface area (Å²) in [6.07, 6.45) is 8.72. The lowest BCUT2D eigenvalue weighted by Crippen LogP contribution is -2.39. The number of aromatic nitrogens is 3. The Morgan fingerprint density at radius 1 is 1.22 bits per heavy atom. The standard InChI is InChI=1S/C20H19ClN4O2/c21-18-6-2-1-4-14(18)8-17-11-24-19(27-17)15-5-3-7-25(12-15)20(26)16-9-22-13-23-10-16/h1-2,4,6,9-11,13,15H,3,5,7-8,12H2/t15-/m0/s1. The second kappa shape index (κ2) is 7.88. The van der Waals surface area contributed by atoms with E-state index in [1.165, 1.54) is 6.33 Å². The van der Waals surface area contributed by atoms with Crippen LogP contribution in [-0.2, 0) is 6.42 Å². The highest BCUT2D eigenvalue weighted by atomic mass is 35.5. The molecular formula is C20H19ClN4O2. The molecule has 1 saturated heterocycles. The van der Waals surface area contributed by atoms with Crippen molar-refractivity contribution in [2.45, 2.75) is 25.2 Å². The number of amides is 1. The first-order chi connectivity index (χ1) is 13.2. The summed E-state index contributed by atoms with van der Waals surface area (Å²) in [5.74, 6) is 1.49. The Kier molecular flexibility index (Phi) is 5.16. The largest absolute Gasteiger partial charge is 0.445 e. The molecule has 27 heavy (non-hydrogen) atoms. The molecule has 1 fully saturated rings. The number of rotatable bonds is 4. The van der Waals surface area contributed by atoms with Gasteiger partial charge >= 0.3 is 0 Å². The third-order valence-corrected chi connectivity index (χ3v) is 5.13. The summed E-state index contributed by atoms with van der Waals surface area (Å²) in [5.41, 5.74) is 1.51. The van der Waals surface area contributed by atoms with Gasteiger partial charge in [0.15, 0.2) is 5.89 Å². The number of hydrogen-bond donors (Lipinski definition) is 0. The fraction of sp³-hybridized carbons (Fsp3) is 0.300. The van der Waals surface area contributed by atoms with E-state index >= 15 is 0 Å². The number of benzene rings is 1. The van der Waals surface area contributed by atoms with Gasteiger partial charge in [-0.15, -0.1) is 0 Å². The molecule has 7 heteroatoms. The third kappa shape index (κ3) is 4.01. The lowest BCUT2D eigenvalue weighted by Gasteiger charge is -2.31. The fourth-order valence-electron chi connectivity index (χ4n) is 3.38. The lowest BCUT2D eigenvalue weighted by molar-refractivity contribution is 0.0697. The quantitative estimate of drug-likeness (QED) is 0.687. The molecule has 0 unspecified atom stereocenters. The van der Waals surface area contributed by atoms with Gasteiger partial charge in [-0.2, -0.15) is 0 Å². The van der Waals surface area contributed by atoms with Crippen LogP contribution < -0.4 is 0 Å². The van der Waals surface area contributed by atoms with Crippen LogP contribution in [0.3, 0.4) is 0 Å².